The van der Waals surface area contributed by atoms with Crippen molar-refractivity contribution in [2.45, 2.75) is 44.5 Å². The third-order valence-electron chi connectivity index (χ3n) is 4.71. The van der Waals surface area contributed by atoms with E-state index in [4.69, 9.17) is 9.47 Å². The van der Waals surface area contributed by atoms with Crippen LogP contribution < -0.4 is 0 Å². The highest BCUT2D eigenvalue weighted by atomic mass is 16.7. The number of hydrogen-bond acceptors (Lipinski definition) is 3. The lowest BCUT2D eigenvalue weighted by Crippen LogP contribution is -2.27. The van der Waals surface area contributed by atoms with Gasteiger partial charge in [0.05, 0.1) is 12.7 Å². The molecule has 3 unspecified atom stereocenters. The van der Waals surface area contributed by atoms with Gasteiger partial charge in [-0.15, -0.1) is 0 Å². The SMILES string of the molecule is CCC1(C)OCC(CC(C(=O)c2ccccc2)c2ccccc2)O1. The van der Waals surface area contributed by atoms with Crippen molar-refractivity contribution in [1.82, 2.24) is 0 Å². The molecule has 1 aliphatic rings. The minimum absolute atomic E-state index is 0.0622. The highest BCUT2D eigenvalue weighted by Crippen LogP contribution is 2.33. The van der Waals surface area contributed by atoms with Gasteiger partial charge in [0, 0.05) is 11.5 Å². The van der Waals surface area contributed by atoms with E-state index in [0.29, 0.717) is 13.0 Å². The smallest absolute Gasteiger partial charge is 0.170 e. The maximum absolute atomic E-state index is 13.1. The second-order valence-electron chi connectivity index (χ2n) is 6.47. The lowest BCUT2D eigenvalue weighted by atomic mass is 9.86. The van der Waals surface area contributed by atoms with E-state index in [9.17, 15) is 4.79 Å². The summed E-state index contributed by atoms with van der Waals surface area (Å²) < 4.78 is 11.9. The Hall–Kier alpha value is -1.97. The van der Waals surface area contributed by atoms with Crippen LogP contribution in [0.4, 0.5) is 0 Å². The molecule has 0 aromatic heterocycles. The zero-order chi connectivity index (χ0) is 17.0. The molecule has 0 amide bonds. The van der Waals surface area contributed by atoms with Crippen LogP contribution in [0.5, 0.6) is 0 Å². The molecule has 3 rings (SSSR count). The molecule has 0 N–H and O–H groups in total. The number of Topliss-reactive ketones (excluding diaryl/α,β-unsaturated/α-hetero) is 1. The third-order valence-corrected chi connectivity index (χ3v) is 4.71. The first-order valence-corrected chi connectivity index (χ1v) is 8.57. The molecule has 3 nitrogen and oxygen atoms in total. The van der Waals surface area contributed by atoms with Crippen molar-refractivity contribution in [2.75, 3.05) is 6.61 Å². The van der Waals surface area contributed by atoms with Crippen molar-refractivity contribution in [3.63, 3.8) is 0 Å². The second-order valence-corrected chi connectivity index (χ2v) is 6.47. The van der Waals surface area contributed by atoms with Crippen LogP contribution in [0, 0.1) is 0 Å². The molecule has 0 spiro atoms. The fraction of sp³-hybridized carbons (Fsp3) is 0.381. The van der Waals surface area contributed by atoms with Crippen LogP contribution in [-0.2, 0) is 9.47 Å². The van der Waals surface area contributed by atoms with Crippen LogP contribution in [0.2, 0.25) is 0 Å². The molecule has 2 aromatic rings. The molecule has 1 heterocycles. The number of carbonyl (C=O) groups excluding carboxylic acids is 1. The van der Waals surface area contributed by atoms with Gasteiger partial charge in [0.25, 0.3) is 0 Å². The summed E-state index contributed by atoms with van der Waals surface area (Å²) in [5.74, 6) is -0.612. The van der Waals surface area contributed by atoms with Crippen LogP contribution in [0.15, 0.2) is 60.7 Å². The van der Waals surface area contributed by atoms with E-state index in [1.54, 1.807) is 0 Å². The summed E-state index contributed by atoms with van der Waals surface area (Å²) in [6, 6.07) is 19.4. The molecule has 24 heavy (non-hydrogen) atoms. The second kappa shape index (κ2) is 7.29. The maximum atomic E-state index is 13.1. The molecule has 3 heteroatoms. The van der Waals surface area contributed by atoms with Crippen molar-refractivity contribution in [2.24, 2.45) is 0 Å². The number of ether oxygens (including phenoxy) is 2. The summed E-state index contributed by atoms with van der Waals surface area (Å²) in [7, 11) is 0. The van der Waals surface area contributed by atoms with Gasteiger partial charge in [-0.05, 0) is 25.3 Å². The average Bonchev–Trinajstić information content (AvgIpc) is 3.02. The standard InChI is InChI=1S/C21H24O3/c1-3-21(2)23-15-18(24-21)14-19(16-10-6-4-7-11-16)20(22)17-12-8-5-9-13-17/h4-13,18-19H,3,14-15H2,1-2H3. The van der Waals surface area contributed by atoms with E-state index >= 15 is 0 Å². The van der Waals surface area contributed by atoms with Crippen molar-refractivity contribution in [1.29, 1.82) is 0 Å². The van der Waals surface area contributed by atoms with Gasteiger partial charge < -0.3 is 9.47 Å². The minimum Gasteiger partial charge on any atom is -0.348 e. The van der Waals surface area contributed by atoms with Gasteiger partial charge in [-0.3, -0.25) is 4.79 Å². The molecular formula is C21H24O3. The maximum Gasteiger partial charge on any atom is 0.170 e. The molecule has 0 bridgehead atoms. The minimum atomic E-state index is -0.526. The summed E-state index contributed by atoms with van der Waals surface area (Å²) in [5.41, 5.74) is 1.77. The number of hydrogen-bond donors (Lipinski definition) is 0. The zero-order valence-electron chi connectivity index (χ0n) is 14.3. The lowest BCUT2D eigenvalue weighted by Gasteiger charge is -2.23. The van der Waals surface area contributed by atoms with Gasteiger partial charge in [-0.1, -0.05) is 67.6 Å². The summed E-state index contributed by atoms with van der Waals surface area (Å²) in [6.45, 7) is 4.55. The topological polar surface area (TPSA) is 35.5 Å². The Morgan fingerprint density at radius 2 is 1.75 bits per heavy atom. The van der Waals surface area contributed by atoms with E-state index in [0.717, 1.165) is 17.5 Å². The van der Waals surface area contributed by atoms with Crippen LogP contribution >= 0.6 is 0 Å². The lowest BCUT2D eigenvalue weighted by molar-refractivity contribution is -0.155. The summed E-state index contributed by atoms with van der Waals surface area (Å²) in [5, 5.41) is 0. The van der Waals surface area contributed by atoms with E-state index in [2.05, 4.69) is 0 Å². The van der Waals surface area contributed by atoms with Crippen molar-refractivity contribution >= 4 is 5.78 Å². The Balaban J connectivity index is 1.83. The molecule has 0 saturated carbocycles. The van der Waals surface area contributed by atoms with Gasteiger partial charge in [-0.25, -0.2) is 0 Å². The Kier molecular flexibility index (Phi) is 5.12. The Bertz CT molecular complexity index is 668. The molecule has 1 fully saturated rings. The van der Waals surface area contributed by atoms with Crippen LogP contribution in [-0.4, -0.2) is 24.3 Å². The Labute approximate surface area is 143 Å². The fourth-order valence-corrected chi connectivity index (χ4v) is 3.14. The molecule has 2 aromatic carbocycles. The highest BCUT2D eigenvalue weighted by Gasteiger charge is 2.38. The molecule has 126 valence electrons. The summed E-state index contributed by atoms with van der Waals surface area (Å²) >= 11 is 0. The molecule has 1 saturated heterocycles. The van der Waals surface area contributed by atoms with E-state index in [1.807, 2.05) is 74.5 Å². The predicted octanol–water partition coefficient (Wildman–Crippen LogP) is 4.58. The molecule has 0 aliphatic carbocycles. The fourth-order valence-electron chi connectivity index (χ4n) is 3.14. The Morgan fingerprint density at radius 1 is 1.12 bits per heavy atom. The van der Waals surface area contributed by atoms with Gasteiger partial charge in [0.2, 0.25) is 0 Å². The van der Waals surface area contributed by atoms with Gasteiger partial charge in [0.1, 0.15) is 0 Å². The van der Waals surface area contributed by atoms with Crippen molar-refractivity contribution < 1.29 is 14.3 Å². The molecule has 3 atom stereocenters. The van der Waals surface area contributed by atoms with Crippen molar-refractivity contribution in [3.8, 4) is 0 Å². The monoisotopic (exact) mass is 324 g/mol. The molecule has 0 radical (unpaired) electrons. The first-order chi connectivity index (χ1) is 11.6. The largest absolute Gasteiger partial charge is 0.348 e. The normalized spacial score (nSPS) is 24.7. The van der Waals surface area contributed by atoms with Gasteiger partial charge in [-0.2, -0.15) is 0 Å². The molecular weight excluding hydrogens is 300 g/mol. The van der Waals surface area contributed by atoms with Gasteiger partial charge in [0.15, 0.2) is 11.6 Å². The first-order valence-electron chi connectivity index (χ1n) is 8.57. The number of benzene rings is 2. The zero-order valence-corrected chi connectivity index (χ0v) is 14.3. The highest BCUT2D eigenvalue weighted by molar-refractivity contribution is 6.01. The van der Waals surface area contributed by atoms with Gasteiger partial charge >= 0.3 is 0 Å². The van der Waals surface area contributed by atoms with Crippen molar-refractivity contribution in [3.05, 3.63) is 71.8 Å². The average molecular weight is 324 g/mol. The summed E-state index contributed by atoms with van der Waals surface area (Å²) in [4.78, 5) is 13.1. The van der Waals surface area contributed by atoms with Crippen LogP contribution in [0.3, 0.4) is 0 Å². The number of rotatable bonds is 6. The summed E-state index contributed by atoms with van der Waals surface area (Å²) in [6.07, 6.45) is 1.37. The molecule has 1 aliphatic heterocycles. The predicted molar refractivity (Wildman–Crippen MR) is 94.1 cm³/mol. The third kappa shape index (κ3) is 3.74. The Morgan fingerprint density at radius 3 is 2.33 bits per heavy atom. The van der Waals surface area contributed by atoms with E-state index < -0.39 is 5.79 Å². The number of carbonyl (C=O) groups is 1. The van der Waals surface area contributed by atoms with E-state index in [-0.39, 0.29) is 17.8 Å². The quantitative estimate of drug-likeness (QED) is 0.729. The number of ketones is 1. The van der Waals surface area contributed by atoms with Crippen LogP contribution in [0.25, 0.3) is 0 Å². The van der Waals surface area contributed by atoms with E-state index in [1.165, 1.54) is 0 Å². The van der Waals surface area contributed by atoms with Crippen LogP contribution in [0.1, 0.15) is 48.5 Å². The first kappa shape index (κ1) is 16.9.